The number of hydrogen-bond donors (Lipinski definition) is 0. The van der Waals surface area contributed by atoms with Gasteiger partial charge in [-0.3, -0.25) is 14.4 Å². The van der Waals surface area contributed by atoms with Gasteiger partial charge in [-0.25, -0.2) is 0 Å². The molecule has 0 saturated heterocycles. The van der Waals surface area contributed by atoms with Crippen molar-refractivity contribution in [2.45, 2.75) is 187 Å². The maximum atomic E-state index is 12.6. The molecule has 0 radical (unpaired) electrons. The van der Waals surface area contributed by atoms with Crippen LogP contribution in [0.15, 0.2) is 60.8 Å². The Morgan fingerprint density at radius 2 is 0.800 bits per heavy atom. The zero-order valence-corrected chi connectivity index (χ0v) is 32.4. The van der Waals surface area contributed by atoms with E-state index in [0.717, 1.165) is 116 Å². The number of rotatable bonds is 35. The van der Waals surface area contributed by atoms with Crippen LogP contribution in [0.2, 0.25) is 0 Å². The number of carbonyl (C=O) groups is 3. The third kappa shape index (κ3) is 36.4. The van der Waals surface area contributed by atoms with E-state index < -0.39 is 6.10 Å². The Morgan fingerprint density at radius 1 is 0.420 bits per heavy atom. The molecular formula is C44H74O6. The fourth-order valence-electron chi connectivity index (χ4n) is 5.18. The molecule has 0 spiro atoms. The third-order valence-corrected chi connectivity index (χ3v) is 8.26. The Hall–Kier alpha value is -2.89. The molecule has 6 heteroatoms. The molecule has 0 aliphatic heterocycles. The molecule has 286 valence electrons. The summed E-state index contributed by atoms with van der Waals surface area (Å²) >= 11 is 0. The Bertz CT molecular complexity index is 944. The molecule has 0 aromatic rings. The van der Waals surface area contributed by atoms with Crippen molar-refractivity contribution in [1.82, 2.24) is 0 Å². The summed E-state index contributed by atoms with van der Waals surface area (Å²) in [7, 11) is 0. The molecule has 0 aromatic carbocycles. The van der Waals surface area contributed by atoms with Crippen molar-refractivity contribution in [3.05, 3.63) is 60.8 Å². The lowest BCUT2D eigenvalue weighted by Crippen LogP contribution is -2.30. The zero-order valence-electron chi connectivity index (χ0n) is 32.4. The summed E-state index contributed by atoms with van der Waals surface area (Å²) in [5.41, 5.74) is 0. The van der Waals surface area contributed by atoms with Gasteiger partial charge in [-0.05, 0) is 77.0 Å². The largest absolute Gasteiger partial charge is 0.462 e. The average molecular weight is 699 g/mol. The van der Waals surface area contributed by atoms with Crippen LogP contribution in [0.5, 0.6) is 0 Å². The molecule has 0 aliphatic carbocycles. The lowest BCUT2D eigenvalue weighted by Gasteiger charge is -2.18. The van der Waals surface area contributed by atoms with Crippen LogP contribution in [0.4, 0.5) is 0 Å². The number of allylic oxidation sites excluding steroid dienone is 10. The van der Waals surface area contributed by atoms with Gasteiger partial charge in [0.2, 0.25) is 0 Å². The first-order valence-electron chi connectivity index (χ1n) is 20.3. The Kier molecular flexibility index (Phi) is 36.7. The first-order valence-corrected chi connectivity index (χ1v) is 20.3. The van der Waals surface area contributed by atoms with Gasteiger partial charge >= 0.3 is 17.9 Å². The molecular weight excluding hydrogens is 624 g/mol. The highest BCUT2D eigenvalue weighted by molar-refractivity contribution is 5.71. The van der Waals surface area contributed by atoms with E-state index >= 15 is 0 Å². The highest BCUT2D eigenvalue weighted by atomic mass is 16.6. The first-order chi connectivity index (χ1) is 24.5. The topological polar surface area (TPSA) is 78.9 Å². The Morgan fingerprint density at radius 3 is 1.30 bits per heavy atom. The van der Waals surface area contributed by atoms with E-state index in [2.05, 4.69) is 81.5 Å². The maximum Gasteiger partial charge on any atom is 0.306 e. The van der Waals surface area contributed by atoms with Crippen LogP contribution in [0.1, 0.15) is 181 Å². The highest BCUT2D eigenvalue weighted by Crippen LogP contribution is 2.11. The SMILES string of the molecule is CC/C=C\C/C=C\C/C=C\CCCCCC(=O)OC(COC(=O)CCCCCCC)COC(=O)CCCCCCC/C=C\C/C=C\CCCC. The Balaban J connectivity index is 4.36. The molecule has 0 rings (SSSR count). The minimum absolute atomic E-state index is 0.0927. The third-order valence-electron chi connectivity index (χ3n) is 8.26. The number of esters is 3. The van der Waals surface area contributed by atoms with Gasteiger partial charge in [0.15, 0.2) is 6.10 Å². The van der Waals surface area contributed by atoms with E-state index in [9.17, 15) is 14.4 Å². The van der Waals surface area contributed by atoms with Crippen LogP contribution in [0, 0.1) is 0 Å². The molecule has 0 saturated carbocycles. The number of ether oxygens (including phenoxy) is 3. The second-order valence-electron chi connectivity index (χ2n) is 13.2. The van der Waals surface area contributed by atoms with E-state index in [4.69, 9.17) is 14.2 Å². The van der Waals surface area contributed by atoms with Gasteiger partial charge in [-0.2, -0.15) is 0 Å². The van der Waals surface area contributed by atoms with Crippen molar-refractivity contribution in [3.63, 3.8) is 0 Å². The highest BCUT2D eigenvalue weighted by Gasteiger charge is 2.19. The van der Waals surface area contributed by atoms with Gasteiger partial charge in [0.1, 0.15) is 13.2 Å². The smallest absolute Gasteiger partial charge is 0.306 e. The predicted octanol–water partition coefficient (Wildman–Crippen LogP) is 12.6. The standard InChI is InChI=1S/C44H74O6/c1-4-7-10-13-15-17-19-21-23-24-26-28-31-34-37-43(46)49-40-41(39-48-42(45)36-33-30-12-9-6-3)50-44(47)38-35-32-29-27-25-22-20-18-16-14-11-8-5-2/h8,11,13,15-16,18-19,21-22,25,41H,4-7,9-10,12,14,17,20,23-24,26-40H2,1-3H3/b11-8-,15-13-,18-16-,21-19-,25-22-. The number of hydrogen-bond acceptors (Lipinski definition) is 6. The van der Waals surface area contributed by atoms with E-state index in [-0.39, 0.29) is 31.1 Å². The minimum atomic E-state index is -0.788. The van der Waals surface area contributed by atoms with Gasteiger partial charge in [-0.15, -0.1) is 0 Å². The zero-order chi connectivity index (χ0) is 36.6. The average Bonchev–Trinajstić information content (AvgIpc) is 3.11. The molecule has 6 nitrogen and oxygen atoms in total. The van der Waals surface area contributed by atoms with Gasteiger partial charge < -0.3 is 14.2 Å². The number of unbranched alkanes of at least 4 members (excludes halogenated alkanes) is 14. The molecule has 0 N–H and O–H groups in total. The van der Waals surface area contributed by atoms with Crippen LogP contribution in [0.25, 0.3) is 0 Å². The molecule has 0 amide bonds. The molecule has 1 unspecified atom stereocenters. The molecule has 0 aromatic heterocycles. The molecule has 50 heavy (non-hydrogen) atoms. The van der Waals surface area contributed by atoms with Crippen molar-refractivity contribution < 1.29 is 28.6 Å². The minimum Gasteiger partial charge on any atom is -0.462 e. The van der Waals surface area contributed by atoms with Gasteiger partial charge in [0.25, 0.3) is 0 Å². The fraction of sp³-hybridized carbons (Fsp3) is 0.705. The van der Waals surface area contributed by atoms with Crippen molar-refractivity contribution in [2.75, 3.05) is 13.2 Å². The summed E-state index contributed by atoms with van der Waals surface area (Å²) in [5, 5.41) is 0. The van der Waals surface area contributed by atoms with E-state index in [0.29, 0.717) is 19.3 Å². The van der Waals surface area contributed by atoms with Crippen molar-refractivity contribution >= 4 is 17.9 Å². The second kappa shape index (κ2) is 38.9. The van der Waals surface area contributed by atoms with Crippen LogP contribution in [0.3, 0.4) is 0 Å². The number of carbonyl (C=O) groups excluding carboxylic acids is 3. The van der Waals surface area contributed by atoms with E-state index in [1.165, 1.54) is 25.7 Å². The van der Waals surface area contributed by atoms with Gasteiger partial charge in [0.05, 0.1) is 0 Å². The summed E-state index contributed by atoms with van der Waals surface area (Å²) in [5.74, 6) is -0.960. The Labute approximate surface area is 307 Å². The quantitative estimate of drug-likeness (QED) is 0.0284. The van der Waals surface area contributed by atoms with E-state index in [1.807, 2.05) is 0 Å². The predicted molar refractivity (Wildman–Crippen MR) is 210 cm³/mol. The van der Waals surface area contributed by atoms with E-state index in [1.54, 1.807) is 0 Å². The lowest BCUT2D eigenvalue weighted by atomic mass is 10.1. The molecule has 1 atom stereocenters. The lowest BCUT2D eigenvalue weighted by molar-refractivity contribution is -0.167. The van der Waals surface area contributed by atoms with Crippen molar-refractivity contribution in [3.8, 4) is 0 Å². The maximum absolute atomic E-state index is 12.6. The monoisotopic (exact) mass is 699 g/mol. The van der Waals surface area contributed by atoms with Gasteiger partial charge in [0, 0.05) is 19.3 Å². The van der Waals surface area contributed by atoms with Crippen LogP contribution in [-0.4, -0.2) is 37.2 Å². The van der Waals surface area contributed by atoms with Crippen LogP contribution in [-0.2, 0) is 28.6 Å². The fourth-order valence-corrected chi connectivity index (χ4v) is 5.18. The molecule has 0 aliphatic rings. The van der Waals surface area contributed by atoms with Crippen LogP contribution < -0.4 is 0 Å². The van der Waals surface area contributed by atoms with Crippen molar-refractivity contribution in [2.24, 2.45) is 0 Å². The van der Waals surface area contributed by atoms with Crippen molar-refractivity contribution in [1.29, 1.82) is 0 Å². The van der Waals surface area contributed by atoms with Gasteiger partial charge in [-0.1, -0.05) is 146 Å². The second-order valence-corrected chi connectivity index (χ2v) is 13.2. The molecule has 0 fully saturated rings. The summed E-state index contributed by atoms with van der Waals surface area (Å²) in [4.78, 5) is 37.3. The summed E-state index contributed by atoms with van der Waals surface area (Å²) in [6.07, 6.45) is 45.2. The molecule has 0 heterocycles. The summed E-state index contributed by atoms with van der Waals surface area (Å²) in [6, 6.07) is 0. The summed E-state index contributed by atoms with van der Waals surface area (Å²) < 4.78 is 16.5. The van der Waals surface area contributed by atoms with Crippen LogP contribution >= 0.6 is 0 Å². The first kappa shape index (κ1) is 47.1. The summed E-state index contributed by atoms with van der Waals surface area (Å²) in [6.45, 7) is 6.32. The normalized spacial score (nSPS) is 12.6. The molecule has 0 bridgehead atoms.